The Bertz CT molecular complexity index is 1090. The molecule has 0 spiro atoms. The van der Waals surface area contributed by atoms with Gasteiger partial charge in [-0.1, -0.05) is 36.4 Å². The summed E-state index contributed by atoms with van der Waals surface area (Å²) in [4.78, 5) is 27.3. The van der Waals surface area contributed by atoms with Crippen molar-refractivity contribution in [3.63, 3.8) is 0 Å². The quantitative estimate of drug-likeness (QED) is 0.515. The van der Waals surface area contributed by atoms with Crippen LogP contribution in [0, 0.1) is 0 Å². The lowest BCUT2D eigenvalue weighted by Crippen LogP contribution is -2.47. The van der Waals surface area contributed by atoms with Crippen molar-refractivity contribution in [2.24, 2.45) is 0 Å². The molecule has 1 aromatic heterocycles. The lowest BCUT2D eigenvalue weighted by molar-refractivity contribution is 0.0940. The van der Waals surface area contributed by atoms with Crippen molar-refractivity contribution >= 4 is 28.5 Å². The second-order valence-electron chi connectivity index (χ2n) is 8.74. The first kappa shape index (κ1) is 22.8. The van der Waals surface area contributed by atoms with Gasteiger partial charge in [0.05, 0.1) is 5.52 Å². The highest BCUT2D eigenvalue weighted by Crippen LogP contribution is 2.21. The van der Waals surface area contributed by atoms with Gasteiger partial charge >= 0.3 is 6.03 Å². The van der Waals surface area contributed by atoms with Crippen molar-refractivity contribution in [1.29, 1.82) is 0 Å². The van der Waals surface area contributed by atoms with Crippen LogP contribution in [0.25, 0.3) is 10.9 Å². The van der Waals surface area contributed by atoms with E-state index in [1.165, 1.54) is 0 Å². The fourth-order valence-electron chi connectivity index (χ4n) is 4.24. The number of piperidine rings is 1. The van der Waals surface area contributed by atoms with Crippen LogP contribution >= 0.6 is 0 Å². The maximum absolute atomic E-state index is 12.8. The van der Waals surface area contributed by atoms with Gasteiger partial charge in [-0.15, -0.1) is 0 Å². The standard InChI is InChI=1S/C25H32N6O2/c1-18(2)31-22-11-7-6-10-21(22)23(29-31)24(32)26-14-17-30-15-12-20(13-16-30)28-25(33)27-19-8-4-3-5-9-19/h3-11,18,20H,12-17H2,1-2H3,(H,26,32)(H2,27,28,33). The van der Waals surface area contributed by atoms with Gasteiger partial charge in [0.2, 0.25) is 0 Å². The van der Waals surface area contributed by atoms with E-state index in [2.05, 4.69) is 39.8 Å². The SMILES string of the molecule is CC(C)n1nc(C(=O)NCCN2CCC(NC(=O)Nc3ccccc3)CC2)c2ccccc21. The third-order valence-corrected chi connectivity index (χ3v) is 5.99. The third-order valence-electron chi connectivity index (χ3n) is 5.99. The van der Waals surface area contributed by atoms with Crippen molar-refractivity contribution in [2.75, 3.05) is 31.5 Å². The molecule has 3 amide bonds. The number of amides is 3. The number of likely N-dealkylation sites (tertiary alicyclic amines) is 1. The summed E-state index contributed by atoms with van der Waals surface area (Å²) in [5.74, 6) is -0.139. The highest BCUT2D eigenvalue weighted by Gasteiger charge is 2.22. The summed E-state index contributed by atoms with van der Waals surface area (Å²) in [6.45, 7) is 7.23. The number of nitrogens with zero attached hydrogens (tertiary/aromatic N) is 3. The van der Waals surface area contributed by atoms with E-state index in [-0.39, 0.29) is 24.0 Å². The van der Waals surface area contributed by atoms with E-state index >= 15 is 0 Å². The van der Waals surface area contributed by atoms with E-state index in [1.54, 1.807) is 0 Å². The van der Waals surface area contributed by atoms with Gasteiger partial charge in [0.25, 0.3) is 5.91 Å². The number of rotatable bonds is 7. The van der Waals surface area contributed by atoms with Crippen LogP contribution in [-0.4, -0.2) is 58.8 Å². The van der Waals surface area contributed by atoms with Gasteiger partial charge in [0, 0.05) is 49.3 Å². The number of hydrogen-bond donors (Lipinski definition) is 3. The zero-order chi connectivity index (χ0) is 23.2. The summed E-state index contributed by atoms with van der Waals surface area (Å²) < 4.78 is 1.90. The van der Waals surface area contributed by atoms with Gasteiger partial charge in [0.1, 0.15) is 0 Å². The Balaban J connectivity index is 1.21. The Labute approximate surface area is 194 Å². The zero-order valence-corrected chi connectivity index (χ0v) is 19.3. The smallest absolute Gasteiger partial charge is 0.319 e. The fourth-order valence-corrected chi connectivity index (χ4v) is 4.24. The van der Waals surface area contributed by atoms with Crippen LogP contribution in [0.15, 0.2) is 54.6 Å². The summed E-state index contributed by atoms with van der Waals surface area (Å²) in [5, 5.41) is 14.4. The molecule has 174 valence electrons. The van der Waals surface area contributed by atoms with Crippen molar-refractivity contribution in [2.45, 2.75) is 38.8 Å². The summed E-state index contributed by atoms with van der Waals surface area (Å²) in [7, 11) is 0. The van der Waals surface area contributed by atoms with Gasteiger partial charge in [-0.25, -0.2) is 4.79 Å². The number of carbonyl (C=O) groups excluding carboxylic acids is 2. The van der Waals surface area contributed by atoms with Crippen LogP contribution in [0.3, 0.4) is 0 Å². The molecule has 3 aromatic rings. The maximum atomic E-state index is 12.8. The number of fused-ring (bicyclic) bond motifs is 1. The Morgan fingerprint density at radius 2 is 1.73 bits per heavy atom. The van der Waals surface area contributed by atoms with E-state index in [4.69, 9.17) is 0 Å². The van der Waals surface area contributed by atoms with E-state index in [9.17, 15) is 9.59 Å². The van der Waals surface area contributed by atoms with E-state index in [0.29, 0.717) is 12.2 Å². The van der Waals surface area contributed by atoms with Crippen LogP contribution < -0.4 is 16.0 Å². The van der Waals surface area contributed by atoms with Crippen molar-refractivity contribution in [1.82, 2.24) is 25.3 Å². The number of anilines is 1. The normalized spacial score (nSPS) is 15.0. The molecule has 8 nitrogen and oxygen atoms in total. The first-order valence-electron chi connectivity index (χ1n) is 11.6. The number of hydrogen-bond acceptors (Lipinski definition) is 4. The minimum Gasteiger partial charge on any atom is -0.349 e. The number of urea groups is 1. The predicted octanol–water partition coefficient (Wildman–Crippen LogP) is 3.63. The first-order chi connectivity index (χ1) is 16.0. The summed E-state index contributed by atoms with van der Waals surface area (Å²) in [5.41, 5.74) is 2.24. The van der Waals surface area contributed by atoms with Crippen LogP contribution in [0.4, 0.5) is 10.5 Å². The second-order valence-corrected chi connectivity index (χ2v) is 8.74. The monoisotopic (exact) mass is 448 g/mol. The third kappa shape index (κ3) is 5.70. The lowest BCUT2D eigenvalue weighted by atomic mass is 10.1. The molecule has 0 atom stereocenters. The average molecular weight is 449 g/mol. The molecule has 2 aromatic carbocycles. The molecule has 0 unspecified atom stereocenters. The molecular formula is C25H32N6O2. The molecule has 0 radical (unpaired) electrons. The van der Waals surface area contributed by atoms with E-state index in [1.807, 2.05) is 59.3 Å². The Morgan fingerprint density at radius 3 is 2.45 bits per heavy atom. The molecule has 1 aliphatic rings. The van der Waals surface area contributed by atoms with Crippen molar-refractivity contribution in [3.05, 3.63) is 60.3 Å². The molecule has 1 saturated heterocycles. The summed E-state index contributed by atoms with van der Waals surface area (Å²) in [6, 6.07) is 17.5. The fraction of sp³-hybridized carbons (Fsp3) is 0.400. The number of nitrogens with one attached hydrogen (secondary N) is 3. The maximum Gasteiger partial charge on any atom is 0.319 e. The molecule has 4 rings (SSSR count). The van der Waals surface area contributed by atoms with E-state index < -0.39 is 0 Å². The van der Waals surface area contributed by atoms with Crippen molar-refractivity contribution in [3.8, 4) is 0 Å². The van der Waals surface area contributed by atoms with E-state index in [0.717, 1.165) is 49.1 Å². The molecule has 1 aliphatic heterocycles. The van der Waals surface area contributed by atoms with Gasteiger partial charge in [-0.05, 0) is 44.9 Å². The number of benzene rings is 2. The second kappa shape index (κ2) is 10.5. The largest absolute Gasteiger partial charge is 0.349 e. The van der Waals surface area contributed by atoms with Crippen LogP contribution in [-0.2, 0) is 0 Å². The van der Waals surface area contributed by atoms with Crippen LogP contribution in [0.5, 0.6) is 0 Å². The van der Waals surface area contributed by atoms with Gasteiger partial charge in [0.15, 0.2) is 5.69 Å². The average Bonchev–Trinajstić information content (AvgIpc) is 3.21. The minimum absolute atomic E-state index is 0.139. The molecule has 3 N–H and O–H groups in total. The highest BCUT2D eigenvalue weighted by atomic mass is 16.2. The Morgan fingerprint density at radius 1 is 1.03 bits per heavy atom. The van der Waals surface area contributed by atoms with Crippen LogP contribution in [0.2, 0.25) is 0 Å². The van der Waals surface area contributed by atoms with Gasteiger partial charge in [-0.2, -0.15) is 5.10 Å². The summed E-state index contributed by atoms with van der Waals surface area (Å²) >= 11 is 0. The molecule has 33 heavy (non-hydrogen) atoms. The highest BCUT2D eigenvalue weighted by molar-refractivity contribution is 6.04. The molecule has 0 saturated carbocycles. The van der Waals surface area contributed by atoms with Crippen molar-refractivity contribution < 1.29 is 9.59 Å². The lowest BCUT2D eigenvalue weighted by Gasteiger charge is -2.32. The minimum atomic E-state index is -0.167. The molecule has 1 fully saturated rings. The predicted molar refractivity (Wildman–Crippen MR) is 131 cm³/mol. The topological polar surface area (TPSA) is 91.3 Å². The number of aromatic nitrogens is 2. The first-order valence-corrected chi connectivity index (χ1v) is 11.6. The van der Waals surface area contributed by atoms with Gasteiger partial charge < -0.3 is 20.9 Å². The molecule has 0 aliphatic carbocycles. The molecular weight excluding hydrogens is 416 g/mol. The zero-order valence-electron chi connectivity index (χ0n) is 19.3. The molecule has 2 heterocycles. The molecule has 8 heteroatoms. The Hall–Kier alpha value is -3.39. The van der Waals surface area contributed by atoms with Gasteiger partial charge in [-0.3, -0.25) is 9.48 Å². The number of para-hydroxylation sites is 2. The molecule has 0 bridgehead atoms. The summed E-state index contributed by atoms with van der Waals surface area (Å²) in [6.07, 6.45) is 1.78. The number of carbonyl (C=O) groups is 2. The van der Waals surface area contributed by atoms with Crippen LogP contribution in [0.1, 0.15) is 43.2 Å². The Kier molecular flexibility index (Phi) is 7.24.